The summed E-state index contributed by atoms with van der Waals surface area (Å²) in [6.45, 7) is 7.11. The molecule has 0 aliphatic carbocycles. The number of nitrogens with zero attached hydrogens (tertiary/aromatic N) is 2. The number of piperidine rings is 2. The smallest absolute Gasteiger partial charge is 0.0787 e. The van der Waals surface area contributed by atoms with Gasteiger partial charge in [0.15, 0.2) is 0 Å². The molecule has 2 fully saturated rings. The van der Waals surface area contributed by atoms with Gasteiger partial charge in [-0.3, -0.25) is 0 Å². The van der Waals surface area contributed by atoms with Gasteiger partial charge >= 0.3 is 0 Å². The molecule has 2 aliphatic rings. The Morgan fingerprint density at radius 2 is 1.41 bits per heavy atom. The quantitative estimate of drug-likeness (QED) is 0.665. The lowest BCUT2D eigenvalue weighted by Crippen LogP contribution is -2.50. The van der Waals surface area contributed by atoms with Crippen molar-refractivity contribution in [3.8, 4) is 0 Å². The molecule has 0 saturated carbocycles. The maximum absolute atomic E-state index is 2.49. The minimum absolute atomic E-state index is 1.03. The Kier molecular flexibility index (Phi) is 4.14. The minimum atomic E-state index is 1.03. The molecule has 0 aromatic heterocycles. The first-order valence-corrected chi connectivity index (χ1v) is 7.65. The normalized spacial score (nSPS) is 29.1. The highest BCUT2D eigenvalue weighted by atomic mass is 15.3. The van der Waals surface area contributed by atoms with Crippen molar-refractivity contribution in [2.45, 2.75) is 38.5 Å². The van der Waals surface area contributed by atoms with Crippen LogP contribution in [-0.2, 0) is 0 Å². The third kappa shape index (κ3) is 3.96. The molecule has 2 aliphatic heterocycles. The first-order chi connectivity index (χ1) is 7.99. The van der Waals surface area contributed by atoms with E-state index in [0.717, 1.165) is 5.92 Å². The van der Waals surface area contributed by atoms with Crippen molar-refractivity contribution in [1.82, 2.24) is 0 Å². The lowest BCUT2D eigenvalue weighted by Gasteiger charge is -2.41. The standard InChI is InChI=1S/C15H32N2/c1-16(2)12-7-15(8-13-16)9-14-17(3)10-5-4-6-11-17/h15H,4-14H2,1-3H3/q+2. The van der Waals surface area contributed by atoms with E-state index in [-0.39, 0.29) is 0 Å². The molecule has 0 N–H and O–H groups in total. The van der Waals surface area contributed by atoms with Crippen LogP contribution in [0.3, 0.4) is 0 Å². The van der Waals surface area contributed by atoms with E-state index >= 15 is 0 Å². The average Bonchev–Trinajstić information content (AvgIpc) is 2.29. The number of hydrogen-bond donors (Lipinski definition) is 0. The Morgan fingerprint density at radius 3 is 2.00 bits per heavy atom. The van der Waals surface area contributed by atoms with Crippen LogP contribution in [0, 0.1) is 5.92 Å². The van der Waals surface area contributed by atoms with Gasteiger partial charge in [0, 0.05) is 0 Å². The molecule has 17 heavy (non-hydrogen) atoms. The SMILES string of the molecule is C[N+]1(C)CCC(CC[N+]2(C)CCCCC2)CC1. The molecule has 2 heteroatoms. The Labute approximate surface area is 108 Å². The second-order valence-electron chi connectivity index (χ2n) is 7.47. The predicted molar refractivity (Wildman–Crippen MR) is 73.8 cm³/mol. The summed E-state index contributed by atoms with van der Waals surface area (Å²) in [6.07, 6.45) is 8.82. The first-order valence-electron chi connectivity index (χ1n) is 7.65. The zero-order valence-electron chi connectivity index (χ0n) is 12.2. The predicted octanol–water partition coefficient (Wildman–Crippen LogP) is 2.49. The Morgan fingerprint density at radius 1 is 0.824 bits per heavy atom. The van der Waals surface area contributed by atoms with Crippen molar-refractivity contribution < 1.29 is 8.97 Å². The van der Waals surface area contributed by atoms with Gasteiger partial charge in [0.05, 0.1) is 53.9 Å². The molecule has 2 heterocycles. The molecule has 100 valence electrons. The molecular weight excluding hydrogens is 208 g/mol. The topological polar surface area (TPSA) is 0 Å². The van der Waals surface area contributed by atoms with Crippen molar-refractivity contribution in [3.05, 3.63) is 0 Å². The van der Waals surface area contributed by atoms with Gasteiger partial charge in [-0.2, -0.15) is 0 Å². The van der Waals surface area contributed by atoms with Crippen LogP contribution in [0.15, 0.2) is 0 Å². The molecule has 0 aromatic carbocycles. The Balaban J connectivity index is 1.71. The molecule has 2 saturated heterocycles. The van der Waals surface area contributed by atoms with Gasteiger partial charge in [-0.15, -0.1) is 0 Å². The summed E-state index contributed by atoms with van der Waals surface area (Å²) in [5.41, 5.74) is 0. The van der Waals surface area contributed by atoms with Gasteiger partial charge in [-0.1, -0.05) is 0 Å². The monoisotopic (exact) mass is 240 g/mol. The average molecular weight is 240 g/mol. The summed E-state index contributed by atoms with van der Waals surface area (Å²) >= 11 is 0. The molecule has 0 radical (unpaired) electrons. The van der Waals surface area contributed by atoms with Crippen LogP contribution in [0.4, 0.5) is 0 Å². The largest absolute Gasteiger partial charge is 0.328 e. The number of likely N-dealkylation sites (tertiary alicyclic amines) is 2. The molecule has 0 unspecified atom stereocenters. The summed E-state index contributed by atoms with van der Waals surface area (Å²) in [7, 11) is 7.26. The van der Waals surface area contributed by atoms with E-state index < -0.39 is 0 Å². The third-order valence-corrected chi connectivity index (χ3v) is 5.26. The number of quaternary nitrogens is 2. The van der Waals surface area contributed by atoms with Crippen LogP contribution < -0.4 is 0 Å². The van der Waals surface area contributed by atoms with E-state index in [1.54, 1.807) is 0 Å². The van der Waals surface area contributed by atoms with Gasteiger partial charge < -0.3 is 8.97 Å². The summed E-state index contributed by atoms with van der Waals surface area (Å²) in [6, 6.07) is 0. The summed E-state index contributed by atoms with van der Waals surface area (Å²) in [5, 5.41) is 0. The molecule has 2 nitrogen and oxygen atoms in total. The molecule has 0 atom stereocenters. The maximum Gasteiger partial charge on any atom is 0.0787 e. The van der Waals surface area contributed by atoms with Crippen LogP contribution in [0.2, 0.25) is 0 Å². The van der Waals surface area contributed by atoms with Crippen molar-refractivity contribution in [1.29, 1.82) is 0 Å². The summed E-state index contributed by atoms with van der Waals surface area (Å²) in [5.74, 6) is 1.03. The Hall–Kier alpha value is -0.0800. The second kappa shape index (κ2) is 5.27. The first kappa shape index (κ1) is 13.4. The van der Waals surface area contributed by atoms with E-state index in [9.17, 15) is 0 Å². The molecule has 0 bridgehead atoms. The summed E-state index contributed by atoms with van der Waals surface area (Å²) in [4.78, 5) is 0. The maximum atomic E-state index is 2.49. The van der Waals surface area contributed by atoms with Gasteiger partial charge in [0.25, 0.3) is 0 Å². The highest BCUT2D eigenvalue weighted by Gasteiger charge is 2.29. The number of rotatable bonds is 3. The zero-order valence-corrected chi connectivity index (χ0v) is 12.2. The van der Waals surface area contributed by atoms with Crippen molar-refractivity contribution in [2.24, 2.45) is 5.92 Å². The van der Waals surface area contributed by atoms with E-state index in [4.69, 9.17) is 0 Å². The lowest BCUT2D eigenvalue weighted by atomic mass is 9.92. The second-order valence-corrected chi connectivity index (χ2v) is 7.47. The third-order valence-electron chi connectivity index (χ3n) is 5.26. The highest BCUT2D eigenvalue weighted by molar-refractivity contribution is 4.64. The number of hydrogen-bond acceptors (Lipinski definition) is 0. The van der Waals surface area contributed by atoms with Crippen molar-refractivity contribution >= 4 is 0 Å². The fourth-order valence-corrected chi connectivity index (χ4v) is 3.60. The zero-order chi connectivity index (χ0) is 12.4. The van der Waals surface area contributed by atoms with Gasteiger partial charge in [-0.05, 0) is 44.4 Å². The molecular formula is C15H32N2+2. The fraction of sp³-hybridized carbons (Fsp3) is 1.00. The van der Waals surface area contributed by atoms with Gasteiger partial charge in [-0.25, -0.2) is 0 Å². The van der Waals surface area contributed by atoms with Crippen LogP contribution >= 0.6 is 0 Å². The fourth-order valence-electron chi connectivity index (χ4n) is 3.60. The van der Waals surface area contributed by atoms with Gasteiger partial charge in [0.1, 0.15) is 0 Å². The molecule has 0 aromatic rings. The van der Waals surface area contributed by atoms with Gasteiger partial charge in [0.2, 0.25) is 0 Å². The summed E-state index contributed by atoms with van der Waals surface area (Å²) < 4.78 is 2.62. The minimum Gasteiger partial charge on any atom is -0.328 e. The van der Waals surface area contributed by atoms with E-state index in [2.05, 4.69) is 21.1 Å². The van der Waals surface area contributed by atoms with Crippen LogP contribution in [-0.4, -0.2) is 62.8 Å². The van der Waals surface area contributed by atoms with E-state index in [0.29, 0.717) is 0 Å². The van der Waals surface area contributed by atoms with Crippen LogP contribution in [0.25, 0.3) is 0 Å². The van der Waals surface area contributed by atoms with Crippen LogP contribution in [0.1, 0.15) is 38.5 Å². The van der Waals surface area contributed by atoms with Crippen LogP contribution in [0.5, 0.6) is 0 Å². The van der Waals surface area contributed by atoms with Crippen molar-refractivity contribution in [3.63, 3.8) is 0 Å². The highest BCUT2D eigenvalue weighted by Crippen LogP contribution is 2.25. The van der Waals surface area contributed by atoms with E-state index in [1.807, 2.05) is 0 Å². The lowest BCUT2D eigenvalue weighted by molar-refractivity contribution is -0.915. The van der Waals surface area contributed by atoms with E-state index in [1.165, 1.54) is 80.2 Å². The molecule has 0 spiro atoms. The molecule has 0 amide bonds. The Bertz CT molecular complexity index is 231. The van der Waals surface area contributed by atoms with Crippen molar-refractivity contribution in [2.75, 3.05) is 53.9 Å². The molecule has 2 rings (SSSR count).